The van der Waals surface area contributed by atoms with E-state index < -0.39 is 11.6 Å². The third-order valence-corrected chi connectivity index (χ3v) is 3.74. The molecule has 1 heterocycles. The Morgan fingerprint density at radius 1 is 1.37 bits per heavy atom. The number of hydrogen-bond donors (Lipinski definition) is 3. The lowest BCUT2D eigenvalue weighted by atomic mass is 10.1. The zero-order valence-electron chi connectivity index (χ0n) is 10.2. The van der Waals surface area contributed by atoms with E-state index in [1.165, 1.54) is 11.3 Å². The maximum Gasteiger partial charge on any atom is 0.337 e. The van der Waals surface area contributed by atoms with Crippen LogP contribution in [0.15, 0.2) is 29.6 Å². The quantitative estimate of drug-likeness (QED) is 0.791. The number of thiophene rings is 1. The summed E-state index contributed by atoms with van der Waals surface area (Å²) in [6.45, 7) is 0.798. The van der Waals surface area contributed by atoms with Crippen molar-refractivity contribution in [1.82, 2.24) is 5.32 Å². The largest absolute Gasteiger partial charge is 0.479 e. The summed E-state index contributed by atoms with van der Waals surface area (Å²) in [6.07, 6.45) is 0. The zero-order chi connectivity index (χ0) is 14.0. The van der Waals surface area contributed by atoms with Crippen molar-refractivity contribution < 1.29 is 19.8 Å². The Bertz CT molecular complexity index is 632. The molecular weight excluding hydrogens is 266 g/mol. The second kappa shape index (κ2) is 4.99. The molecule has 0 saturated carbocycles. The molecule has 2 rings (SSSR count). The Morgan fingerprint density at radius 3 is 2.74 bits per heavy atom. The molecule has 0 fully saturated rings. The summed E-state index contributed by atoms with van der Waals surface area (Å²) in [5, 5.41) is 23.3. The molecule has 5 nitrogen and oxygen atoms in total. The van der Waals surface area contributed by atoms with Gasteiger partial charge in [-0.15, -0.1) is 11.3 Å². The van der Waals surface area contributed by atoms with Crippen LogP contribution >= 0.6 is 11.3 Å². The molecule has 0 saturated heterocycles. The summed E-state index contributed by atoms with van der Waals surface area (Å²) in [6, 6.07) is 7.45. The molecule has 0 aliphatic heterocycles. The first-order chi connectivity index (χ1) is 8.92. The minimum atomic E-state index is -1.97. The summed E-state index contributed by atoms with van der Waals surface area (Å²) in [5.41, 5.74) is -1.48. The molecule has 100 valence electrons. The second-order valence-electron chi connectivity index (χ2n) is 4.41. The van der Waals surface area contributed by atoms with E-state index in [2.05, 4.69) is 5.32 Å². The predicted molar refractivity (Wildman–Crippen MR) is 72.4 cm³/mol. The number of nitrogens with one attached hydrogen (secondary N) is 1. The van der Waals surface area contributed by atoms with E-state index in [4.69, 9.17) is 5.11 Å². The highest BCUT2D eigenvalue weighted by Crippen LogP contribution is 2.25. The Kier molecular flexibility index (Phi) is 3.55. The van der Waals surface area contributed by atoms with Crippen molar-refractivity contribution in [2.75, 3.05) is 6.54 Å². The first kappa shape index (κ1) is 13.5. The number of benzene rings is 1. The predicted octanol–water partition coefficient (Wildman–Crippen LogP) is 1.47. The molecule has 0 bridgehead atoms. The van der Waals surface area contributed by atoms with Crippen LogP contribution in [0.3, 0.4) is 0 Å². The van der Waals surface area contributed by atoms with E-state index in [0.717, 1.165) is 17.0 Å². The van der Waals surface area contributed by atoms with Gasteiger partial charge in [0.1, 0.15) is 0 Å². The number of carbonyl (C=O) groups excluding carboxylic acids is 1. The normalized spacial score (nSPS) is 14.0. The first-order valence-electron chi connectivity index (χ1n) is 5.62. The molecule has 2 aromatic rings. The SMILES string of the molecule is CC(O)(CNC(=O)c1csc2ccccc12)C(=O)O. The van der Waals surface area contributed by atoms with Crippen LogP contribution in [-0.4, -0.2) is 34.2 Å². The molecular formula is C13H13NO4S. The van der Waals surface area contributed by atoms with Crippen molar-refractivity contribution in [3.8, 4) is 0 Å². The van der Waals surface area contributed by atoms with Crippen LogP contribution in [-0.2, 0) is 4.79 Å². The van der Waals surface area contributed by atoms with Crippen LogP contribution in [0.25, 0.3) is 10.1 Å². The fourth-order valence-electron chi connectivity index (χ4n) is 1.58. The molecule has 6 heteroatoms. The van der Waals surface area contributed by atoms with Crippen molar-refractivity contribution >= 4 is 33.3 Å². The number of fused-ring (bicyclic) bond motifs is 1. The van der Waals surface area contributed by atoms with Crippen molar-refractivity contribution in [3.05, 3.63) is 35.2 Å². The van der Waals surface area contributed by atoms with Gasteiger partial charge >= 0.3 is 5.97 Å². The Labute approximate surface area is 113 Å². The van der Waals surface area contributed by atoms with Crippen LogP contribution in [0.1, 0.15) is 17.3 Å². The van der Waals surface area contributed by atoms with Crippen LogP contribution in [0.4, 0.5) is 0 Å². The molecule has 3 N–H and O–H groups in total. The number of carboxylic acid groups (broad SMARTS) is 1. The number of aliphatic carboxylic acids is 1. The van der Waals surface area contributed by atoms with Crippen molar-refractivity contribution in [3.63, 3.8) is 0 Å². The van der Waals surface area contributed by atoms with Gasteiger partial charge in [0.2, 0.25) is 0 Å². The van der Waals surface area contributed by atoms with E-state index in [9.17, 15) is 14.7 Å². The number of hydrogen-bond acceptors (Lipinski definition) is 4. The smallest absolute Gasteiger partial charge is 0.337 e. The lowest BCUT2D eigenvalue weighted by Gasteiger charge is -2.18. The average Bonchev–Trinajstić information content (AvgIpc) is 2.79. The topological polar surface area (TPSA) is 86.6 Å². The molecule has 1 amide bonds. The molecule has 0 radical (unpaired) electrons. The van der Waals surface area contributed by atoms with E-state index in [0.29, 0.717) is 5.56 Å². The van der Waals surface area contributed by atoms with Crippen LogP contribution in [0.5, 0.6) is 0 Å². The molecule has 1 aromatic heterocycles. The highest BCUT2D eigenvalue weighted by atomic mass is 32.1. The van der Waals surface area contributed by atoms with E-state index >= 15 is 0 Å². The van der Waals surface area contributed by atoms with Gasteiger partial charge in [0.25, 0.3) is 5.91 Å². The number of aliphatic hydroxyl groups is 1. The van der Waals surface area contributed by atoms with Gasteiger partial charge in [0, 0.05) is 15.5 Å². The van der Waals surface area contributed by atoms with Crippen LogP contribution < -0.4 is 5.32 Å². The highest BCUT2D eigenvalue weighted by molar-refractivity contribution is 7.17. The molecule has 1 atom stereocenters. The zero-order valence-corrected chi connectivity index (χ0v) is 11.0. The lowest BCUT2D eigenvalue weighted by Crippen LogP contribution is -2.46. The summed E-state index contributed by atoms with van der Waals surface area (Å²) in [5.74, 6) is -1.76. The fourth-order valence-corrected chi connectivity index (χ4v) is 2.52. The van der Waals surface area contributed by atoms with Gasteiger partial charge in [-0.1, -0.05) is 18.2 Å². The minimum absolute atomic E-state index is 0.342. The fraction of sp³-hybridized carbons (Fsp3) is 0.231. The van der Waals surface area contributed by atoms with Gasteiger partial charge in [-0.25, -0.2) is 4.79 Å². The highest BCUT2D eigenvalue weighted by Gasteiger charge is 2.30. The number of amides is 1. The van der Waals surface area contributed by atoms with Gasteiger partial charge in [0.15, 0.2) is 5.60 Å². The summed E-state index contributed by atoms with van der Waals surface area (Å²) in [7, 11) is 0. The summed E-state index contributed by atoms with van der Waals surface area (Å²) in [4.78, 5) is 22.7. The Hall–Kier alpha value is -1.92. The molecule has 0 aliphatic carbocycles. The minimum Gasteiger partial charge on any atom is -0.479 e. The second-order valence-corrected chi connectivity index (χ2v) is 5.32. The Balaban J connectivity index is 2.15. The molecule has 19 heavy (non-hydrogen) atoms. The van der Waals surface area contributed by atoms with E-state index in [1.807, 2.05) is 24.3 Å². The maximum absolute atomic E-state index is 12.0. The Morgan fingerprint density at radius 2 is 2.05 bits per heavy atom. The van der Waals surface area contributed by atoms with Gasteiger partial charge in [-0.2, -0.15) is 0 Å². The lowest BCUT2D eigenvalue weighted by molar-refractivity contribution is -0.155. The first-order valence-corrected chi connectivity index (χ1v) is 6.50. The van der Waals surface area contributed by atoms with Gasteiger partial charge < -0.3 is 15.5 Å². The number of rotatable bonds is 4. The third kappa shape index (κ3) is 2.74. The van der Waals surface area contributed by atoms with Crippen LogP contribution in [0.2, 0.25) is 0 Å². The molecule has 0 aliphatic rings. The number of carbonyl (C=O) groups is 2. The van der Waals surface area contributed by atoms with Crippen LogP contribution in [0, 0.1) is 0 Å². The number of carboxylic acids is 1. The third-order valence-electron chi connectivity index (χ3n) is 2.78. The average molecular weight is 279 g/mol. The van der Waals surface area contributed by atoms with Crippen molar-refractivity contribution in [2.45, 2.75) is 12.5 Å². The molecule has 1 unspecified atom stereocenters. The maximum atomic E-state index is 12.0. The summed E-state index contributed by atoms with van der Waals surface area (Å²) < 4.78 is 0.984. The summed E-state index contributed by atoms with van der Waals surface area (Å²) >= 11 is 1.44. The van der Waals surface area contributed by atoms with Gasteiger partial charge in [0.05, 0.1) is 12.1 Å². The molecule has 0 spiro atoms. The molecule has 1 aromatic carbocycles. The van der Waals surface area contributed by atoms with E-state index in [-0.39, 0.29) is 12.5 Å². The standard InChI is InChI=1S/C13H13NO4S/c1-13(18,12(16)17)7-14-11(15)9-6-19-10-5-3-2-4-8(9)10/h2-6,18H,7H2,1H3,(H,14,15)(H,16,17). The van der Waals surface area contributed by atoms with Crippen molar-refractivity contribution in [2.24, 2.45) is 0 Å². The van der Waals surface area contributed by atoms with Gasteiger partial charge in [-0.3, -0.25) is 4.79 Å². The van der Waals surface area contributed by atoms with Gasteiger partial charge in [-0.05, 0) is 13.0 Å². The monoisotopic (exact) mass is 279 g/mol. The van der Waals surface area contributed by atoms with Crippen molar-refractivity contribution in [1.29, 1.82) is 0 Å². The van der Waals surface area contributed by atoms with E-state index in [1.54, 1.807) is 5.38 Å².